The smallest absolute Gasteiger partial charge is 0.493 e. The van der Waals surface area contributed by atoms with Gasteiger partial charge in [0.2, 0.25) is 5.75 Å². The summed E-state index contributed by atoms with van der Waals surface area (Å²) in [5.41, 5.74) is 1.83. The molecule has 1 atom stereocenters. The zero-order chi connectivity index (χ0) is 27.0. The summed E-state index contributed by atoms with van der Waals surface area (Å²) in [6.07, 6.45) is 1.87. The second-order valence-corrected chi connectivity index (χ2v) is 10.4. The van der Waals surface area contributed by atoms with Crippen molar-refractivity contribution in [1.29, 1.82) is 0 Å². The minimum absolute atomic E-state index is 0.126. The van der Waals surface area contributed by atoms with Crippen LogP contribution in [-0.2, 0) is 9.98 Å². The highest BCUT2D eigenvalue weighted by molar-refractivity contribution is 7.49. The van der Waals surface area contributed by atoms with Crippen molar-refractivity contribution >= 4 is 7.82 Å². The van der Waals surface area contributed by atoms with Gasteiger partial charge in [-0.25, -0.2) is 0 Å². The Hall–Kier alpha value is -3.89. The van der Waals surface area contributed by atoms with E-state index in [0.29, 0.717) is 23.0 Å². The van der Waals surface area contributed by atoms with Crippen molar-refractivity contribution in [3.8, 4) is 28.7 Å². The number of hydrogen-bond acceptors (Lipinski definition) is 6. The lowest BCUT2D eigenvalue weighted by Crippen LogP contribution is -2.23. The minimum atomic E-state index is -4.25. The molecule has 0 aromatic heterocycles. The molecule has 38 heavy (non-hydrogen) atoms. The number of benzene rings is 4. The van der Waals surface area contributed by atoms with Gasteiger partial charge < -0.3 is 23.0 Å². The Labute approximate surface area is 224 Å². The number of ether oxygens (including phenoxy) is 2. The third-order valence-electron chi connectivity index (χ3n) is 6.38. The summed E-state index contributed by atoms with van der Waals surface area (Å²) >= 11 is 0. The summed E-state index contributed by atoms with van der Waals surface area (Å²) in [4.78, 5) is 0. The van der Waals surface area contributed by atoms with Crippen LogP contribution < -0.4 is 23.0 Å². The summed E-state index contributed by atoms with van der Waals surface area (Å²) in [6.45, 7) is 4.35. The molecule has 0 saturated carbocycles. The molecule has 0 saturated heterocycles. The molecular weight excluding hydrogens is 499 g/mol. The van der Waals surface area contributed by atoms with Gasteiger partial charge in [0.15, 0.2) is 11.5 Å². The molecule has 0 spiro atoms. The van der Waals surface area contributed by atoms with E-state index in [-0.39, 0.29) is 11.2 Å². The van der Waals surface area contributed by atoms with E-state index in [1.165, 1.54) is 19.8 Å². The molecule has 0 fully saturated rings. The first-order valence-corrected chi connectivity index (χ1v) is 14.0. The molecule has 7 heteroatoms. The number of rotatable bonds is 12. The fourth-order valence-corrected chi connectivity index (χ4v) is 5.71. The molecule has 6 nitrogen and oxygen atoms in total. The lowest BCUT2D eigenvalue weighted by molar-refractivity contribution is 0.281. The van der Waals surface area contributed by atoms with Crippen molar-refractivity contribution in [1.82, 2.24) is 0 Å². The number of para-hydroxylation sites is 2. The van der Waals surface area contributed by atoms with Crippen molar-refractivity contribution < 1.29 is 27.6 Å². The first kappa shape index (κ1) is 27.2. The van der Waals surface area contributed by atoms with Crippen LogP contribution in [0.25, 0.3) is 0 Å². The van der Waals surface area contributed by atoms with Crippen LogP contribution in [0.4, 0.5) is 0 Å². The average Bonchev–Trinajstić information content (AvgIpc) is 2.94. The molecule has 0 aliphatic carbocycles. The van der Waals surface area contributed by atoms with Crippen LogP contribution in [0.15, 0.2) is 103 Å². The highest BCUT2D eigenvalue weighted by Crippen LogP contribution is 2.55. The summed E-state index contributed by atoms with van der Waals surface area (Å²) in [6, 6.07) is 31.6. The van der Waals surface area contributed by atoms with Crippen LogP contribution in [0.2, 0.25) is 0 Å². The third-order valence-corrected chi connectivity index (χ3v) is 7.66. The molecular formula is C31H33O6P. The van der Waals surface area contributed by atoms with Gasteiger partial charge >= 0.3 is 7.82 Å². The van der Waals surface area contributed by atoms with Crippen LogP contribution in [0.1, 0.15) is 37.8 Å². The lowest BCUT2D eigenvalue weighted by atomic mass is 9.73. The molecule has 0 aliphatic rings. The molecule has 1 unspecified atom stereocenters. The SMILES string of the molecule is CCCC(C)(c1ccccc1)c1cc(OC)c(OP(=O)(Oc2ccccc2)Oc2ccccc2)c(OC)c1. The van der Waals surface area contributed by atoms with Gasteiger partial charge in [0, 0.05) is 5.41 Å². The largest absolute Gasteiger partial charge is 0.647 e. The molecule has 4 aromatic carbocycles. The van der Waals surface area contributed by atoms with Crippen molar-refractivity contribution in [2.24, 2.45) is 0 Å². The van der Waals surface area contributed by atoms with Crippen LogP contribution in [0.3, 0.4) is 0 Å². The van der Waals surface area contributed by atoms with Gasteiger partial charge in [-0.2, -0.15) is 4.57 Å². The summed E-state index contributed by atoms with van der Waals surface area (Å²) in [5, 5.41) is 0. The minimum Gasteiger partial charge on any atom is -0.493 e. The average molecular weight is 533 g/mol. The fourth-order valence-electron chi connectivity index (χ4n) is 4.44. The molecule has 0 heterocycles. The monoisotopic (exact) mass is 532 g/mol. The Bertz CT molecular complexity index is 1290. The van der Waals surface area contributed by atoms with E-state index < -0.39 is 7.82 Å². The summed E-state index contributed by atoms with van der Waals surface area (Å²) in [7, 11) is -1.18. The van der Waals surface area contributed by atoms with Crippen LogP contribution in [0.5, 0.6) is 28.7 Å². The highest BCUT2D eigenvalue weighted by Gasteiger charge is 2.37. The number of hydrogen-bond donors (Lipinski definition) is 0. The maximum absolute atomic E-state index is 14.1. The Kier molecular flexibility index (Phi) is 8.65. The molecule has 4 rings (SSSR count). The quantitative estimate of drug-likeness (QED) is 0.171. The lowest BCUT2D eigenvalue weighted by Gasteiger charge is -2.32. The van der Waals surface area contributed by atoms with Gasteiger partial charge in [0.05, 0.1) is 14.2 Å². The number of phosphoric acid groups is 1. The molecule has 0 N–H and O–H groups in total. The zero-order valence-electron chi connectivity index (χ0n) is 22.1. The highest BCUT2D eigenvalue weighted by atomic mass is 31.2. The summed E-state index contributed by atoms with van der Waals surface area (Å²) < 4.78 is 43.3. The molecule has 198 valence electrons. The topological polar surface area (TPSA) is 63.2 Å². The second-order valence-electron chi connectivity index (χ2n) is 9.01. The van der Waals surface area contributed by atoms with Gasteiger partial charge in [0.25, 0.3) is 0 Å². The number of phosphoric ester groups is 1. The molecule has 4 aromatic rings. The Morgan fingerprint density at radius 3 is 1.53 bits per heavy atom. The first-order valence-electron chi connectivity index (χ1n) is 12.5. The maximum Gasteiger partial charge on any atom is 0.647 e. The van der Waals surface area contributed by atoms with Crippen molar-refractivity contribution in [2.45, 2.75) is 32.1 Å². The van der Waals surface area contributed by atoms with Crippen LogP contribution in [0, 0.1) is 0 Å². The predicted octanol–water partition coefficient (Wildman–Crippen LogP) is 8.45. The van der Waals surface area contributed by atoms with Crippen LogP contribution >= 0.6 is 7.82 Å². The maximum atomic E-state index is 14.1. The Morgan fingerprint density at radius 2 is 1.11 bits per heavy atom. The standard InChI is InChI=1S/C31H33O6P/c1-5-21-31(2,24-15-9-6-10-16-24)25-22-28(33-3)30(29(23-25)34-4)37-38(32,35-26-17-11-7-12-18-26)36-27-19-13-8-14-20-27/h6-20,22-23H,5,21H2,1-4H3. The molecule has 0 bridgehead atoms. The van der Waals surface area contributed by atoms with E-state index >= 15 is 0 Å². The van der Waals surface area contributed by atoms with E-state index in [0.717, 1.165) is 18.4 Å². The number of methoxy groups -OCH3 is 2. The molecule has 0 amide bonds. The van der Waals surface area contributed by atoms with Gasteiger partial charge in [-0.15, -0.1) is 0 Å². The molecule has 0 aliphatic heterocycles. The van der Waals surface area contributed by atoms with Crippen LogP contribution in [-0.4, -0.2) is 14.2 Å². The Morgan fingerprint density at radius 1 is 0.658 bits per heavy atom. The van der Waals surface area contributed by atoms with E-state index in [1.807, 2.05) is 42.5 Å². The normalized spacial score (nSPS) is 12.7. The van der Waals surface area contributed by atoms with E-state index in [1.54, 1.807) is 48.5 Å². The fraction of sp³-hybridized carbons (Fsp3) is 0.226. The van der Waals surface area contributed by atoms with Crippen molar-refractivity contribution in [3.63, 3.8) is 0 Å². The second kappa shape index (κ2) is 12.1. The van der Waals surface area contributed by atoms with Gasteiger partial charge in [-0.05, 0) is 53.9 Å². The van der Waals surface area contributed by atoms with E-state index in [9.17, 15) is 4.57 Å². The predicted molar refractivity (Wildman–Crippen MR) is 150 cm³/mol. The summed E-state index contributed by atoms with van der Waals surface area (Å²) in [5.74, 6) is 1.50. The van der Waals surface area contributed by atoms with E-state index in [4.69, 9.17) is 23.0 Å². The van der Waals surface area contributed by atoms with Gasteiger partial charge in [0.1, 0.15) is 11.5 Å². The van der Waals surface area contributed by atoms with Gasteiger partial charge in [-0.1, -0.05) is 87.0 Å². The Balaban J connectivity index is 1.79. The zero-order valence-corrected chi connectivity index (χ0v) is 23.0. The van der Waals surface area contributed by atoms with Gasteiger partial charge in [-0.3, -0.25) is 0 Å². The molecule has 0 radical (unpaired) electrons. The van der Waals surface area contributed by atoms with E-state index in [2.05, 4.69) is 26.0 Å². The first-order chi connectivity index (χ1) is 18.4. The van der Waals surface area contributed by atoms with Crippen molar-refractivity contribution in [3.05, 3.63) is 114 Å². The van der Waals surface area contributed by atoms with Crippen molar-refractivity contribution in [2.75, 3.05) is 14.2 Å². The third kappa shape index (κ3) is 6.15.